The molecule has 0 radical (unpaired) electrons. The van der Waals surface area contributed by atoms with E-state index in [2.05, 4.69) is 36.1 Å². The highest BCUT2D eigenvalue weighted by Gasteiger charge is 2.33. The zero-order chi connectivity index (χ0) is 21.3. The smallest absolute Gasteiger partial charge is 0.243 e. The summed E-state index contributed by atoms with van der Waals surface area (Å²) < 4.78 is 33.0. The van der Waals surface area contributed by atoms with Crippen LogP contribution in [0, 0.1) is 0 Å². The Hall–Kier alpha value is -2.22. The maximum Gasteiger partial charge on any atom is 0.243 e. The quantitative estimate of drug-likeness (QED) is 0.547. The summed E-state index contributed by atoms with van der Waals surface area (Å²) in [5, 5.41) is 4.63. The Bertz CT molecular complexity index is 1110. The second-order valence-corrected chi connectivity index (χ2v) is 10.3. The van der Waals surface area contributed by atoms with Crippen LogP contribution in [0.15, 0.2) is 57.9 Å². The Morgan fingerprint density at radius 1 is 1.10 bits per heavy atom. The third-order valence-corrected chi connectivity index (χ3v) is 7.59. The molecule has 0 bridgehead atoms. The SMILES string of the molecule is CC(C)c1ccc(-c2noc([C@@H]3CCCN(S(=O)(=O)c4ccc(Cl)cc4)C3)n2)cc1. The highest BCUT2D eigenvalue weighted by atomic mass is 35.5. The van der Waals surface area contributed by atoms with E-state index in [1.54, 1.807) is 12.1 Å². The van der Waals surface area contributed by atoms with Gasteiger partial charge in [-0.05, 0) is 48.6 Å². The van der Waals surface area contributed by atoms with Crippen molar-refractivity contribution in [2.45, 2.75) is 43.4 Å². The first-order valence-corrected chi connectivity index (χ1v) is 11.9. The molecule has 0 saturated carbocycles. The lowest BCUT2D eigenvalue weighted by molar-refractivity contribution is 0.265. The zero-order valence-electron chi connectivity index (χ0n) is 17.0. The van der Waals surface area contributed by atoms with E-state index in [1.807, 2.05) is 12.1 Å². The molecule has 1 saturated heterocycles. The van der Waals surface area contributed by atoms with E-state index in [-0.39, 0.29) is 10.8 Å². The van der Waals surface area contributed by atoms with E-state index in [0.717, 1.165) is 18.4 Å². The Kier molecular flexibility index (Phi) is 5.95. The third-order valence-electron chi connectivity index (χ3n) is 5.46. The van der Waals surface area contributed by atoms with Crippen LogP contribution in [0.1, 0.15) is 50.0 Å². The fourth-order valence-corrected chi connectivity index (χ4v) is 5.30. The number of sulfonamides is 1. The number of hydrogen-bond donors (Lipinski definition) is 0. The number of aromatic nitrogens is 2. The normalized spacial score (nSPS) is 18.1. The van der Waals surface area contributed by atoms with Gasteiger partial charge < -0.3 is 4.52 Å². The van der Waals surface area contributed by atoms with Gasteiger partial charge in [0.1, 0.15) is 0 Å². The first kappa shape index (κ1) is 21.0. The molecule has 0 amide bonds. The summed E-state index contributed by atoms with van der Waals surface area (Å²) in [4.78, 5) is 4.80. The summed E-state index contributed by atoms with van der Waals surface area (Å²) in [5.74, 6) is 1.33. The first-order chi connectivity index (χ1) is 14.3. The van der Waals surface area contributed by atoms with Crippen LogP contribution in [0.3, 0.4) is 0 Å². The molecule has 8 heteroatoms. The topological polar surface area (TPSA) is 76.3 Å². The molecule has 30 heavy (non-hydrogen) atoms. The lowest BCUT2D eigenvalue weighted by Crippen LogP contribution is -2.39. The average molecular weight is 446 g/mol. The number of nitrogens with zero attached hydrogens (tertiary/aromatic N) is 3. The molecule has 0 aliphatic carbocycles. The second kappa shape index (κ2) is 8.49. The van der Waals surface area contributed by atoms with Gasteiger partial charge in [-0.2, -0.15) is 9.29 Å². The van der Waals surface area contributed by atoms with Crippen molar-refractivity contribution in [3.63, 3.8) is 0 Å². The van der Waals surface area contributed by atoms with Crippen molar-refractivity contribution in [2.75, 3.05) is 13.1 Å². The highest BCUT2D eigenvalue weighted by Crippen LogP contribution is 2.31. The molecule has 158 valence electrons. The molecule has 4 rings (SSSR count). The van der Waals surface area contributed by atoms with Crippen molar-refractivity contribution in [1.29, 1.82) is 0 Å². The number of piperidine rings is 1. The van der Waals surface area contributed by atoms with Gasteiger partial charge in [-0.3, -0.25) is 0 Å². The van der Waals surface area contributed by atoms with Crippen LogP contribution in [0.4, 0.5) is 0 Å². The summed E-state index contributed by atoms with van der Waals surface area (Å²) in [6.45, 7) is 5.08. The molecular formula is C22H24ClN3O3S. The monoisotopic (exact) mass is 445 g/mol. The molecule has 1 aliphatic heterocycles. The van der Waals surface area contributed by atoms with Crippen LogP contribution in [0.25, 0.3) is 11.4 Å². The predicted octanol–water partition coefficient (Wildman–Crippen LogP) is 5.08. The molecule has 2 heterocycles. The van der Waals surface area contributed by atoms with Gasteiger partial charge >= 0.3 is 0 Å². The fourth-order valence-electron chi connectivity index (χ4n) is 3.65. The molecule has 0 N–H and O–H groups in total. The molecule has 0 unspecified atom stereocenters. The summed E-state index contributed by atoms with van der Waals surface area (Å²) >= 11 is 5.89. The van der Waals surface area contributed by atoms with Gasteiger partial charge in [0.05, 0.1) is 10.8 Å². The average Bonchev–Trinajstić information content (AvgIpc) is 3.24. The van der Waals surface area contributed by atoms with Crippen LogP contribution < -0.4 is 0 Å². The Morgan fingerprint density at radius 3 is 2.47 bits per heavy atom. The van der Waals surface area contributed by atoms with Crippen LogP contribution in [0.5, 0.6) is 0 Å². The van der Waals surface area contributed by atoms with Crippen molar-refractivity contribution in [2.24, 2.45) is 0 Å². The minimum atomic E-state index is -3.59. The molecule has 1 aromatic heterocycles. The molecular weight excluding hydrogens is 422 g/mol. The van der Waals surface area contributed by atoms with Crippen LogP contribution >= 0.6 is 11.6 Å². The standard InChI is InChI=1S/C22H24ClN3O3S/c1-15(2)16-5-7-17(8-6-16)21-24-22(29-25-21)18-4-3-13-26(14-18)30(27,28)20-11-9-19(23)10-12-20/h5-12,15,18H,3-4,13-14H2,1-2H3/t18-/m1/s1. The van der Waals surface area contributed by atoms with Crippen molar-refractivity contribution >= 4 is 21.6 Å². The molecule has 2 aromatic carbocycles. The van der Waals surface area contributed by atoms with Gasteiger partial charge in [0.15, 0.2) is 0 Å². The molecule has 6 nitrogen and oxygen atoms in total. The molecule has 1 fully saturated rings. The van der Waals surface area contributed by atoms with E-state index in [9.17, 15) is 8.42 Å². The van der Waals surface area contributed by atoms with E-state index in [1.165, 1.54) is 22.0 Å². The van der Waals surface area contributed by atoms with Crippen LogP contribution in [-0.2, 0) is 10.0 Å². The molecule has 1 aliphatic rings. The van der Waals surface area contributed by atoms with Gasteiger partial charge in [-0.1, -0.05) is 54.9 Å². The summed E-state index contributed by atoms with van der Waals surface area (Å²) in [7, 11) is -3.59. The van der Waals surface area contributed by atoms with Crippen molar-refractivity contribution in [3.8, 4) is 11.4 Å². The van der Waals surface area contributed by atoms with Crippen LogP contribution in [0.2, 0.25) is 5.02 Å². The molecule has 0 spiro atoms. The van der Waals surface area contributed by atoms with Gasteiger partial charge in [0, 0.05) is 23.7 Å². The van der Waals surface area contributed by atoms with E-state index in [4.69, 9.17) is 16.1 Å². The number of hydrogen-bond acceptors (Lipinski definition) is 5. The zero-order valence-corrected chi connectivity index (χ0v) is 18.5. The van der Waals surface area contributed by atoms with E-state index >= 15 is 0 Å². The third kappa shape index (κ3) is 4.29. The van der Waals surface area contributed by atoms with Gasteiger partial charge in [-0.25, -0.2) is 8.42 Å². The Balaban J connectivity index is 1.52. The number of benzene rings is 2. The second-order valence-electron chi connectivity index (χ2n) is 7.89. The van der Waals surface area contributed by atoms with Crippen LogP contribution in [-0.4, -0.2) is 36.0 Å². The van der Waals surface area contributed by atoms with E-state index < -0.39 is 10.0 Å². The number of rotatable bonds is 5. The molecule has 1 atom stereocenters. The summed E-state index contributed by atoms with van der Waals surface area (Å²) in [6.07, 6.45) is 1.54. The predicted molar refractivity (Wildman–Crippen MR) is 116 cm³/mol. The Morgan fingerprint density at radius 2 is 1.80 bits per heavy atom. The Labute approximate surface area is 181 Å². The fraction of sp³-hybridized carbons (Fsp3) is 0.364. The minimum Gasteiger partial charge on any atom is -0.339 e. The molecule has 3 aromatic rings. The first-order valence-electron chi connectivity index (χ1n) is 10.0. The van der Waals surface area contributed by atoms with Gasteiger partial charge in [0.25, 0.3) is 0 Å². The summed E-state index contributed by atoms with van der Waals surface area (Å²) in [5.41, 5.74) is 2.13. The largest absolute Gasteiger partial charge is 0.339 e. The number of halogens is 1. The summed E-state index contributed by atoms with van der Waals surface area (Å²) in [6, 6.07) is 14.4. The maximum absolute atomic E-state index is 13.0. The van der Waals surface area contributed by atoms with Gasteiger partial charge in [0.2, 0.25) is 21.7 Å². The van der Waals surface area contributed by atoms with Crippen molar-refractivity contribution in [1.82, 2.24) is 14.4 Å². The lowest BCUT2D eigenvalue weighted by atomic mass is 9.99. The van der Waals surface area contributed by atoms with Gasteiger partial charge in [-0.15, -0.1) is 0 Å². The minimum absolute atomic E-state index is 0.128. The van der Waals surface area contributed by atoms with E-state index in [0.29, 0.717) is 35.7 Å². The maximum atomic E-state index is 13.0. The highest BCUT2D eigenvalue weighted by molar-refractivity contribution is 7.89. The lowest BCUT2D eigenvalue weighted by Gasteiger charge is -2.30. The van der Waals surface area contributed by atoms with Crippen molar-refractivity contribution in [3.05, 3.63) is 65.0 Å². The van der Waals surface area contributed by atoms with Crippen molar-refractivity contribution < 1.29 is 12.9 Å².